The monoisotopic (exact) mass is 285 g/mol. The van der Waals surface area contributed by atoms with E-state index in [0.717, 1.165) is 17.7 Å². The summed E-state index contributed by atoms with van der Waals surface area (Å²) in [7, 11) is 0. The molecule has 0 aromatic heterocycles. The van der Waals surface area contributed by atoms with Crippen molar-refractivity contribution in [3.05, 3.63) is 65.7 Å². The molecule has 4 heteroatoms. The van der Waals surface area contributed by atoms with Crippen LogP contribution in [0.25, 0.3) is 0 Å². The summed E-state index contributed by atoms with van der Waals surface area (Å²) in [6.07, 6.45) is 1.17. The van der Waals surface area contributed by atoms with Gasteiger partial charge in [0.1, 0.15) is 11.8 Å². The van der Waals surface area contributed by atoms with Crippen molar-refractivity contribution in [2.75, 3.05) is 6.61 Å². The Hall–Kier alpha value is -2.33. The van der Waals surface area contributed by atoms with Crippen LogP contribution < -0.4 is 10.5 Å². The highest BCUT2D eigenvalue weighted by atomic mass is 16.5. The summed E-state index contributed by atoms with van der Waals surface area (Å²) in [5, 5.41) is 8.77. The Morgan fingerprint density at radius 2 is 1.71 bits per heavy atom. The number of rotatable bonds is 7. The molecule has 0 fully saturated rings. The number of nitrogens with two attached hydrogens (primary N) is 1. The highest BCUT2D eigenvalue weighted by Crippen LogP contribution is 2.14. The van der Waals surface area contributed by atoms with Crippen molar-refractivity contribution >= 4 is 5.97 Å². The Bertz CT molecular complexity index is 566. The SMILES string of the molecule is N[C@H](Cc1ccc(OCCc2ccccc2)cc1)C(=O)O. The van der Waals surface area contributed by atoms with Crippen LogP contribution in [0, 0.1) is 0 Å². The van der Waals surface area contributed by atoms with Gasteiger partial charge in [0.25, 0.3) is 0 Å². The maximum Gasteiger partial charge on any atom is 0.320 e. The lowest BCUT2D eigenvalue weighted by Crippen LogP contribution is -2.32. The summed E-state index contributed by atoms with van der Waals surface area (Å²) in [6, 6.07) is 16.7. The number of carboxylic acid groups (broad SMARTS) is 1. The fourth-order valence-corrected chi connectivity index (χ4v) is 1.99. The van der Waals surface area contributed by atoms with E-state index < -0.39 is 12.0 Å². The molecule has 0 aliphatic carbocycles. The van der Waals surface area contributed by atoms with Gasteiger partial charge in [-0.05, 0) is 29.7 Å². The minimum absolute atomic E-state index is 0.319. The molecule has 2 aromatic rings. The lowest BCUT2D eigenvalue weighted by molar-refractivity contribution is -0.138. The number of hydrogen-bond donors (Lipinski definition) is 2. The molecule has 1 atom stereocenters. The Morgan fingerprint density at radius 3 is 2.33 bits per heavy atom. The third kappa shape index (κ3) is 4.93. The summed E-state index contributed by atoms with van der Waals surface area (Å²) in [5.41, 5.74) is 7.63. The van der Waals surface area contributed by atoms with Gasteiger partial charge >= 0.3 is 5.97 Å². The van der Waals surface area contributed by atoms with Crippen molar-refractivity contribution in [1.82, 2.24) is 0 Å². The van der Waals surface area contributed by atoms with Crippen LogP contribution in [-0.4, -0.2) is 23.7 Å². The second kappa shape index (κ2) is 7.45. The molecule has 3 N–H and O–H groups in total. The molecule has 0 aliphatic rings. The van der Waals surface area contributed by atoms with Crippen LogP contribution in [0.4, 0.5) is 0 Å². The van der Waals surface area contributed by atoms with E-state index in [0.29, 0.717) is 13.0 Å². The molecule has 0 saturated heterocycles. The van der Waals surface area contributed by atoms with Gasteiger partial charge in [0.05, 0.1) is 6.61 Å². The van der Waals surface area contributed by atoms with Crippen LogP contribution in [0.5, 0.6) is 5.75 Å². The van der Waals surface area contributed by atoms with Gasteiger partial charge in [0.2, 0.25) is 0 Å². The maximum absolute atomic E-state index is 10.7. The summed E-state index contributed by atoms with van der Waals surface area (Å²) < 4.78 is 5.67. The van der Waals surface area contributed by atoms with E-state index in [9.17, 15) is 4.79 Å². The van der Waals surface area contributed by atoms with Crippen molar-refractivity contribution in [2.24, 2.45) is 5.73 Å². The van der Waals surface area contributed by atoms with Crippen molar-refractivity contribution in [3.63, 3.8) is 0 Å². The fourth-order valence-electron chi connectivity index (χ4n) is 1.99. The smallest absolute Gasteiger partial charge is 0.320 e. The predicted molar refractivity (Wildman–Crippen MR) is 81.4 cm³/mol. The van der Waals surface area contributed by atoms with Crippen LogP contribution in [0.1, 0.15) is 11.1 Å². The molecule has 2 aromatic carbocycles. The van der Waals surface area contributed by atoms with Gasteiger partial charge < -0.3 is 15.6 Å². The third-order valence-electron chi connectivity index (χ3n) is 3.20. The van der Waals surface area contributed by atoms with Gasteiger partial charge in [-0.3, -0.25) is 4.79 Å². The minimum Gasteiger partial charge on any atom is -0.493 e. The summed E-state index contributed by atoms with van der Waals surface area (Å²) >= 11 is 0. The van der Waals surface area contributed by atoms with Crippen molar-refractivity contribution < 1.29 is 14.6 Å². The average Bonchev–Trinajstić information content (AvgIpc) is 2.50. The largest absolute Gasteiger partial charge is 0.493 e. The van der Waals surface area contributed by atoms with E-state index in [1.54, 1.807) is 0 Å². The number of ether oxygens (including phenoxy) is 1. The Kier molecular flexibility index (Phi) is 5.35. The molecule has 0 spiro atoms. The number of benzene rings is 2. The van der Waals surface area contributed by atoms with Gasteiger partial charge in [0, 0.05) is 6.42 Å². The van der Waals surface area contributed by atoms with Crippen LogP contribution in [-0.2, 0) is 17.6 Å². The zero-order valence-corrected chi connectivity index (χ0v) is 11.7. The molecule has 0 amide bonds. The molecule has 110 valence electrons. The van der Waals surface area contributed by atoms with Crippen molar-refractivity contribution in [2.45, 2.75) is 18.9 Å². The Labute approximate surface area is 124 Å². The normalized spacial score (nSPS) is 11.9. The fraction of sp³-hybridized carbons (Fsp3) is 0.235. The van der Waals surface area contributed by atoms with Gasteiger partial charge in [-0.2, -0.15) is 0 Å². The number of hydrogen-bond acceptors (Lipinski definition) is 3. The highest BCUT2D eigenvalue weighted by Gasteiger charge is 2.11. The van der Waals surface area contributed by atoms with E-state index in [2.05, 4.69) is 12.1 Å². The quantitative estimate of drug-likeness (QED) is 0.818. The minimum atomic E-state index is -0.988. The van der Waals surface area contributed by atoms with Crippen LogP contribution in [0.3, 0.4) is 0 Å². The standard InChI is InChI=1S/C17H19NO3/c18-16(17(19)20)12-14-6-8-15(9-7-14)21-11-10-13-4-2-1-3-5-13/h1-9,16H,10-12,18H2,(H,19,20)/t16-/m1/s1. The Morgan fingerprint density at radius 1 is 1.05 bits per heavy atom. The highest BCUT2D eigenvalue weighted by molar-refractivity contribution is 5.73. The molecular formula is C17H19NO3. The number of aliphatic carboxylic acids is 1. The summed E-state index contributed by atoms with van der Waals surface area (Å²) in [5.74, 6) is -0.211. The number of carbonyl (C=O) groups is 1. The average molecular weight is 285 g/mol. The lowest BCUT2D eigenvalue weighted by Gasteiger charge is -2.09. The number of carboxylic acids is 1. The van der Waals surface area contributed by atoms with Crippen LogP contribution in [0.15, 0.2) is 54.6 Å². The van der Waals surface area contributed by atoms with Gasteiger partial charge in [0.15, 0.2) is 0 Å². The molecule has 21 heavy (non-hydrogen) atoms. The van der Waals surface area contributed by atoms with Crippen LogP contribution >= 0.6 is 0 Å². The second-order valence-corrected chi connectivity index (χ2v) is 4.88. The third-order valence-corrected chi connectivity index (χ3v) is 3.20. The molecule has 0 radical (unpaired) electrons. The second-order valence-electron chi connectivity index (χ2n) is 4.88. The molecule has 0 heterocycles. The zero-order valence-electron chi connectivity index (χ0n) is 11.7. The van der Waals surface area contributed by atoms with E-state index in [4.69, 9.17) is 15.6 Å². The molecule has 0 aliphatic heterocycles. The molecule has 2 rings (SSSR count). The van der Waals surface area contributed by atoms with Gasteiger partial charge in [-0.15, -0.1) is 0 Å². The van der Waals surface area contributed by atoms with E-state index in [-0.39, 0.29) is 0 Å². The first-order chi connectivity index (χ1) is 10.1. The van der Waals surface area contributed by atoms with Crippen molar-refractivity contribution in [3.8, 4) is 5.75 Å². The maximum atomic E-state index is 10.7. The lowest BCUT2D eigenvalue weighted by atomic mass is 10.1. The van der Waals surface area contributed by atoms with Crippen LogP contribution in [0.2, 0.25) is 0 Å². The van der Waals surface area contributed by atoms with Crippen molar-refractivity contribution in [1.29, 1.82) is 0 Å². The molecule has 0 bridgehead atoms. The zero-order chi connectivity index (χ0) is 15.1. The summed E-state index contributed by atoms with van der Waals surface area (Å²) in [6.45, 7) is 0.609. The topological polar surface area (TPSA) is 72.5 Å². The van der Waals surface area contributed by atoms with Gasteiger partial charge in [-0.25, -0.2) is 0 Å². The molecule has 0 saturated carbocycles. The first kappa shape index (κ1) is 15.1. The Balaban J connectivity index is 1.81. The predicted octanol–water partition coefficient (Wildman–Crippen LogP) is 2.26. The first-order valence-electron chi connectivity index (χ1n) is 6.89. The van der Waals surface area contributed by atoms with Gasteiger partial charge in [-0.1, -0.05) is 42.5 Å². The van der Waals surface area contributed by atoms with E-state index >= 15 is 0 Å². The molecule has 4 nitrogen and oxygen atoms in total. The first-order valence-corrected chi connectivity index (χ1v) is 6.89. The summed E-state index contributed by atoms with van der Waals surface area (Å²) in [4.78, 5) is 10.7. The van der Waals surface area contributed by atoms with E-state index in [1.807, 2.05) is 42.5 Å². The van der Waals surface area contributed by atoms with E-state index in [1.165, 1.54) is 5.56 Å². The molecular weight excluding hydrogens is 266 g/mol. The molecule has 0 unspecified atom stereocenters.